The largest absolute Gasteiger partial charge is 0.337 e. The zero-order valence-corrected chi connectivity index (χ0v) is 15.5. The summed E-state index contributed by atoms with van der Waals surface area (Å²) in [6, 6.07) is 4.44. The Balaban J connectivity index is 1.26. The molecule has 2 saturated heterocycles. The standard InChI is InChI=1S/C19H28N4S/c1-21-13-8-20-18(21)16-23-11-6-19(7-12-23)4-9-22(10-5-19)15-17-3-2-14-24-17/h2-3,8,13-14H,4-7,9-12,15-16H2,1H3. The third-order valence-electron chi connectivity index (χ3n) is 6.08. The molecule has 0 aliphatic carbocycles. The van der Waals surface area contributed by atoms with Gasteiger partial charge in [0.05, 0.1) is 6.54 Å². The summed E-state index contributed by atoms with van der Waals surface area (Å²) in [7, 11) is 2.09. The first kappa shape index (κ1) is 16.3. The number of hydrogen-bond donors (Lipinski definition) is 0. The van der Waals surface area contributed by atoms with Gasteiger partial charge in [-0.2, -0.15) is 0 Å². The first-order valence-corrected chi connectivity index (χ1v) is 10.0. The van der Waals surface area contributed by atoms with E-state index in [1.807, 2.05) is 23.7 Å². The first-order valence-electron chi connectivity index (χ1n) is 9.16. The van der Waals surface area contributed by atoms with Crippen molar-refractivity contribution < 1.29 is 0 Å². The van der Waals surface area contributed by atoms with Crippen LogP contribution in [0.4, 0.5) is 0 Å². The summed E-state index contributed by atoms with van der Waals surface area (Å²) in [4.78, 5) is 11.2. The average Bonchev–Trinajstić information content (AvgIpc) is 3.25. The number of aryl methyl sites for hydroxylation is 1. The number of rotatable bonds is 4. The van der Waals surface area contributed by atoms with Crippen LogP contribution in [-0.4, -0.2) is 45.5 Å². The molecule has 0 N–H and O–H groups in total. The summed E-state index contributed by atoms with van der Waals surface area (Å²) >= 11 is 1.89. The molecule has 0 amide bonds. The maximum absolute atomic E-state index is 4.47. The molecule has 0 saturated carbocycles. The SMILES string of the molecule is Cn1ccnc1CN1CCC2(CCN(Cc3cccs3)CC2)CC1. The van der Waals surface area contributed by atoms with Crippen molar-refractivity contribution in [1.82, 2.24) is 19.4 Å². The molecule has 2 aromatic rings. The average molecular weight is 345 g/mol. The lowest BCUT2D eigenvalue weighted by Crippen LogP contribution is -2.46. The van der Waals surface area contributed by atoms with E-state index in [0.717, 1.165) is 13.1 Å². The van der Waals surface area contributed by atoms with Crippen LogP contribution in [0, 0.1) is 5.41 Å². The smallest absolute Gasteiger partial charge is 0.122 e. The molecule has 2 aromatic heterocycles. The van der Waals surface area contributed by atoms with E-state index in [-0.39, 0.29) is 0 Å². The van der Waals surface area contributed by atoms with E-state index in [1.54, 1.807) is 0 Å². The topological polar surface area (TPSA) is 24.3 Å². The maximum atomic E-state index is 4.47. The minimum Gasteiger partial charge on any atom is -0.337 e. The van der Waals surface area contributed by atoms with Crippen molar-refractivity contribution in [2.45, 2.75) is 38.8 Å². The summed E-state index contributed by atoms with van der Waals surface area (Å²) in [5, 5.41) is 2.19. The zero-order valence-electron chi connectivity index (χ0n) is 14.7. The minimum absolute atomic E-state index is 0.615. The Bertz CT molecular complexity index is 630. The summed E-state index contributed by atoms with van der Waals surface area (Å²) in [5.74, 6) is 1.19. The van der Waals surface area contributed by atoms with Crippen molar-refractivity contribution in [3.8, 4) is 0 Å². The van der Waals surface area contributed by atoms with Gasteiger partial charge in [0.25, 0.3) is 0 Å². The number of nitrogens with zero attached hydrogens (tertiary/aromatic N) is 4. The molecule has 0 radical (unpaired) electrons. The monoisotopic (exact) mass is 344 g/mol. The quantitative estimate of drug-likeness (QED) is 0.850. The Labute approximate surface area is 149 Å². The number of piperidine rings is 2. The Hall–Kier alpha value is -1.17. The highest BCUT2D eigenvalue weighted by molar-refractivity contribution is 7.09. The highest BCUT2D eigenvalue weighted by atomic mass is 32.1. The van der Waals surface area contributed by atoms with Crippen molar-refractivity contribution in [2.24, 2.45) is 12.5 Å². The van der Waals surface area contributed by atoms with Crippen LogP contribution in [0.3, 0.4) is 0 Å². The molecule has 2 fully saturated rings. The second kappa shape index (κ2) is 6.98. The Morgan fingerprint density at radius 2 is 1.71 bits per heavy atom. The van der Waals surface area contributed by atoms with E-state index in [9.17, 15) is 0 Å². The van der Waals surface area contributed by atoms with Crippen LogP contribution in [0.15, 0.2) is 29.9 Å². The van der Waals surface area contributed by atoms with Crippen LogP contribution in [-0.2, 0) is 20.1 Å². The Morgan fingerprint density at radius 1 is 1.04 bits per heavy atom. The molecule has 0 atom stereocenters. The van der Waals surface area contributed by atoms with Crippen LogP contribution in [0.1, 0.15) is 36.4 Å². The van der Waals surface area contributed by atoms with Gasteiger partial charge < -0.3 is 4.57 Å². The van der Waals surface area contributed by atoms with Crippen LogP contribution in [0.2, 0.25) is 0 Å². The third-order valence-corrected chi connectivity index (χ3v) is 6.94. The van der Waals surface area contributed by atoms with Gasteiger partial charge in [0.15, 0.2) is 0 Å². The molecule has 0 aromatic carbocycles. The number of aromatic nitrogens is 2. The predicted molar refractivity (Wildman–Crippen MR) is 99.0 cm³/mol. The minimum atomic E-state index is 0.615. The highest BCUT2D eigenvalue weighted by Gasteiger charge is 2.37. The van der Waals surface area contributed by atoms with E-state index >= 15 is 0 Å². The molecule has 5 heteroatoms. The number of thiophene rings is 1. The molecular formula is C19H28N4S. The molecule has 4 heterocycles. The van der Waals surface area contributed by atoms with Crippen molar-refractivity contribution in [3.63, 3.8) is 0 Å². The van der Waals surface area contributed by atoms with Crippen LogP contribution < -0.4 is 0 Å². The van der Waals surface area contributed by atoms with Crippen LogP contribution >= 0.6 is 11.3 Å². The van der Waals surface area contributed by atoms with E-state index in [1.165, 1.54) is 62.6 Å². The molecule has 1 spiro atoms. The van der Waals surface area contributed by atoms with Crippen molar-refractivity contribution in [2.75, 3.05) is 26.2 Å². The molecule has 2 aliphatic heterocycles. The molecule has 4 nitrogen and oxygen atoms in total. The van der Waals surface area contributed by atoms with Gasteiger partial charge in [-0.25, -0.2) is 4.98 Å². The predicted octanol–water partition coefficient (Wildman–Crippen LogP) is 3.36. The van der Waals surface area contributed by atoms with Gasteiger partial charge in [-0.05, 0) is 68.7 Å². The molecule has 0 bridgehead atoms. The number of hydrogen-bond acceptors (Lipinski definition) is 4. The molecule has 130 valence electrons. The highest BCUT2D eigenvalue weighted by Crippen LogP contribution is 2.41. The Morgan fingerprint density at radius 3 is 2.25 bits per heavy atom. The van der Waals surface area contributed by atoms with Gasteiger partial charge >= 0.3 is 0 Å². The zero-order chi connectivity index (χ0) is 16.4. The van der Waals surface area contributed by atoms with E-state index in [0.29, 0.717) is 5.41 Å². The summed E-state index contributed by atoms with van der Waals surface area (Å²) in [6.07, 6.45) is 9.45. The molecule has 4 rings (SSSR count). The summed E-state index contributed by atoms with van der Waals surface area (Å²) in [6.45, 7) is 7.17. The fourth-order valence-electron chi connectivity index (χ4n) is 4.24. The van der Waals surface area contributed by atoms with Gasteiger partial charge in [0.1, 0.15) is 5.82 Å². The fraction of sp³-hybridized carbons (Fsp3) is 0.632. The van der Waals surface area contributed by atoms with Crippen molar-refractivity contribution >= 4 is 11.3 Å². The first-order chi connectivity index (χ1) is 11.7. The Kier molecular flexibility index (Phi) is 4.74. The fourth-order valence-corrected chi connectivity index (χ4v) is 4.99. The normalized spacial score (nSPS) is 22.2. The van der Waals surface area contributed by atoms with Gasteiger partial charge in [-0.1, -0.05) is 6.07 Å². The van der Waals surface area contributed by atoms with E-state index < -0.39 is 0 Å². The number of imidazole rings is 1. The van der Waals surface area contributed by atoms with Crippen molar-refractivity contribution in [1.29, 1.82) is 0 Å². The maximum Gasteiger partial charge on any atom is 0.122 e. The van der Waals surface area contributed by atoms with E-state index in [4.69, 9.17) is 0 Å². The van der Waals surface area contributed by atoms with Gasteiger partial charge in [0, 0.05) is 30.9 Å². The lowest BCUT2D eigenvalue weighted by molar-refractivity contribution is 0.0293. The van der Waals surface area contributed by atoms with Crippen molar-refractivity contribution in [3.05, 3.63) is 40.6 Å². The molecule has 0 unspecified atom stereocenters. The number of likely N-dealkylation sites (tertiary alicyclic amines) is 2. The lowest BCUT2D eigenvalue weighted by atomic mass is 9.71. The molecule has 24 heavy (non-hydrogen) atoms. The van der Waals surface area contributed by atoms with Crippen LogP contribution in [0.5, 0.6) is 0 Å². The van der Waals surface area contributed by atoms with Gasteiger partial charge in [-0.3, -0.25) is 9.80 Å². The van der Waals surface area contributed by atoms with Gasteiger partial charge in [0.2, 0.25) is 0 Å². The second-order valence-corrected chi connectivity index (χ2v) is 8.62. The molecular weight excluding hydrogens is 316 g/mol. The van der Waals surface area contributed by atoms with Gasteiger partial charge in [-0.15, -0.1) is 11.3 Å². The summed E-state index contributed by atoms with van der Waals surface area (Å²) in [5.41, 5.74) is 0.615. The molecule has 2 aliphatic rings. The summed E-state index contributed by atoms with van der Waals surface area (Å²) < 4.78 is 2.15. The van der Waals surface area contributed by atoms with Crippen LogP contribution in [0.25, 0.3) is 0 Å². The second-order valence-electron chi connectivity index (χ2n) is 7.59. The lowest BCUT2D eigenvalue weighted by Gasteiger charge is -2.46. The third kappa shape index (κ3) is 3.58. The van der Waals surface area contributed by atoms with E-state index in [2.05, 4.69) is 43.9 Å².